The van der Waals surface area contributed by atoms with E-state index in [0.717, 1.165) is 22.5 Å². The molecule has 0 unspecified atom stereocenters. The second kappa shape index (κ2) is 11.7. The van der Waals surface area contributed by atoms with Crippen LogP contribution in [0.3, 0.4) is 0 Å². The van der Waals surface area contributed by atoms with Gasteiger partial charge in [-0.05, 0) is 54.1 Å². The number of carbonyl (C=O) groups excluding carboxylic acids is 1. The molecule has 8 nitrogen and oxygen atoms in total. The maximum absolute atomic E-state index is 12.8. The summed E-state index contributed by atoms with van der Waals surface area (Å²) >= 11 is 0. The number of nitriles is 1. The Bertz CT molecular complexity index is 2030. The lowest BCUT2D eigenvalue weighted by atomic mass is 10.2. The Hall–Kier alpha value is -5.94. The van der Waals surface area contributed by atoms with Crippen LogP contribution in [0.15, 0.2) is 118 Å². The fourth-order valence-electron chi connectivity index (χ4n) is 4.36. The molecule has 6 aromatic rings. The van der Waals surface area contributed by atoms with Gasteiger partial charge in [-0.2, -0.15) is 5.26 Å². The predicted octanol–water partition coefficient (Wildman–Crippen LogP) is 6.59. The summed E-state index contributed by atoms with van der Waals surface area (Å²) in [5, 5.41) is 10.5. The predicted molar refractivity (Wildman–Crippen MR) is 155 cm³/mol. The lowest BCUT2D eigenvalue weighted by Crippen LogP contribution is -2.10. The van der Waals surface area contributed by atoms with E-state index in [1.54, 1.807) is 60.7 Å². The zero-order valence-corrected chi connectivity index (χ0v) is 22.2. The number of nitrogens with zero attached hydrogens (tertiary/aromatic N) is 2. The van der Waals surface area contributed by atoms with Crippen LogP contribution in [0.4, 0.5) is 0 Å². The van der Waals surface area contributed by atoms with Crippen molar-refractivity contribution in [2.24, 2.45) is 0 Å². The maximum Gasteiger partial charge on any atom is 0.343 e. The summed E-state index contributed by atoms with van der Waals surface area (Å²) < 4.78 is 23.2. The van der Waals surface area contributed by atoms with E-state index in [1.165, 1.54) is 0 Å². The molecule has 0 aliphatic rings. The van der Waals surface area contributed by atoms with Crippen LogP contribution in [0.2, 0.25) is 0 Å². The third-order valence-corrected chi connectivity index (χ3v) is 6.47. The Labute approximate surface area is 240 Å². The smallest absolute Gasteiger partial charge is 0.343 e. The minimum Gasteiger partial charge on any atom is -0.489 e. The van der Waals surface area contributed by atoms with Gasteiger partial charge in [0.05, 0.1) is 22.2 Å². The Morgan fingerprint density at radius 2 is 1.64 bits per heavy atom. The summed E-state index contributed by atoms with van der Waals surface area (Å²) in [5.74, 6) is 0.460. The zero-order chi connectivity index (χ0) is 28.9. The third-order valence-electron chi connectivity index (χ3n) is 6.47. The van der Waals surface area contributed by atoms with Crippen molar-refractivity contribution < 1.29 is 23.4 Å². The van der Waals surface area contributed by atoms with Gasteiger partial charge in [0, 0.05) is 17.5 Å². The summed E-state index contributed by atoms with van der Waals surface area (Å²) in [6, 6.07) is 33.4. The molecule has 0 spiro atoms. The van der Waals surface area contributed by atoms with E-state index in [9.17, 15) is 9.59 Å². The molecule has 4 aromatic carbocycles. The van der Waals surface area contributed by atoms with Crippen LogP contribution < -0.4 is 19.6 Å². The normalized spacial score (nSPS) is 10.7. The molecule has 0 aliphatic heterocycles. The van der Waals surface area contributed by atoms with Crippen molar-refractivity contribution in [1.29, 1.82) is 5.26 Å². The number of esters is 1. The van der Waals surface area contributed by atoms with Gasteiger partial charge in [-0.1, -0.05) is 48.5 Å². The summed E-state index contributed by atoms with van der Waals surface area (Å²) in [5.41, 5.74) is 2.67. The molecule has 0 N–H and O–H groups in total. The first-order valence-corrected chi connectivity index (χ1v) is 13.0. The SMILES string of the molecule is N#Cc1cc(=O)c2ccc(OCc3ccc(OC(=O)c4ccccc4)c(OCc4ccc5ccccc5n4)c3)cc2o1. The first-order chi connectivity index (χ1) is 20.6. The average molecular weight is 555 g/mol. The van der Waals surface area contributed by atoms with E-state index in [-0.39, 0.29) is 35.7 Å². The molecule has 42 heavy (non-hydrogen) atoms. The lowest BCUT2D eigenvalue weighted by molar-refractivity contribution is 0.0727. The molecule has 2 aromatic heterocycles. The Morgan fingerprint density at radius 3 is 2.50 bits per heavy atom. The minimum absolute atomic E-state index is 0.0759. The summed E-state index contributed by atoms with van der Waals surface area (Å²) in [6.07, 6.45) is 0. The Balaban J connectivity index is 1.24. The number of fused-ring (bicyclic) bond motifs is 2. The fourth-order valence-corrected chi connectivity index (χ4v) is 4.36. The van der Waals surface area contributed by atoms with Gasteiger partial charge in [-0.3, -0.25) is 4.79 Å². The number of rotatable bonds is 8. The highest BCUT2D eigenvalue weighted by Crippen LogP contribution is 2.31. The monoisotopic (exact) mass is 554 g/mol. The topological polar surface area (TPSA) is 112 Å². The number of benzene rings is 4. The number of hydrogen-bond acceptors (Lipinski definition) is 8. The summed E-state index contributed by atoms with van der Waals surface area (Å²) in [4.78, 5) is 29.7. The van der Waals surface area contributed by atoms with Crippen LogP contribution in [-0.2, 0) is 13.2 Å². The Morgan fingerprint density at radius 1 is 0.810 bits per heavy atom. The number of aromatic nitrogens is 1. The standard InChI is InChI=1S/C34H22N2O6/c35-19-27-17-30(37)28-14-13-26(18-32(28)41-27)39-20-22-10-15-31(42-34(38)24-7-2-1-3-8-24)33(16-22)40-21-25-12-11-23-6-4-5-9-29(23)36-25/h1-18H,20-21H2. The molecular weight excluding hydrogens is 532 g/mol. The molecule has 0 atom stereocenters. The Kier molecular flexibility index (Phi) is 7.30. The van der Waals surface area contributed by atoms with E-state index in [0.29, 0.717) is 28.1 Å². The number of para-hydroxylation sites is 1. The van der Waals surface area contributed by atoms with Crippen molar-refractivity contribution in [3.8, 4) is 23.3 Å². The average Bonchev–Trinajstić information content (AvgIpc) is 3.03. The molecular formula is C34H22N2O6. The number of hydrogen-bond donors (Lipinski definition) is 0. The molecule has 0 bridgehead atoms. The van der Waals surface area contributed by atoms with Crippen LogP contribution >= 0.6 is 0 Å². The van der Waals surface area contributed by atoms with Crippen LogP contribution in [0.1, 0.15) is 27.4 Å². The van der Waals surface area contributed by atoms with Gasteiger partial charge >= 0.3 is 5.97 Å². The molecule has 6 rings (SSSR count). The van der Waals surface area contributed by atoms with Crippen LogP contribution in [0, 0.1) is 11.3 Å². The highest BCUT2D eigenvalue weighted by molar-refractivity contribution is 5.91. The maximum atomic E-state index is 12.8. The van der Waals surface area contributed by atoms with E-state index < -0.39 is 5.97 Å². The lowest BCUT2D eigenvalue weighted by Gasteiger charge is -2.14. The molecule has 0 saturated carbocycles. The van der Waals surface area contributed by atoms with E-state index >= 15 is 0 Å². The molecule has 2 heterocycles. The highest BCUT2D eigenvalue weighted by Gasteiger charge is 2.15. The number of ether oxygens (including phenoxy) is 3. The molecule has 0 aliphatic carbocycles. The molecule has 0 amide bonds. The summed E-state index contributed by atoms with van der Waals surface area (Å²) in [7, 11) is 0. The van der Waals surface area contributed by atoms with E-state index in [1.807, 2.05) is 48.5 Å². The minimum atomic E-state index is -0.511. The highest BCUT2D eigenvalue weighted by atomic mass is 16.6. The van der Waals surface area contributed by atoms with E-state index in [4.69, 9.17) is 23.9 Å². The molecule has 0 fully saturated rings. The van der Waals surface area contributed by atoms with Gasteiger partial charge < -0.3 is 18.6 Å². The molecule has 204 valence electrons. The number of pyridine rings is 1. The first kappa shape index (κ1) is 26.3. The third kappa shape index (κ3) is 5.81. The van der Waals surface area contributed by atoms with Gasteiger partial charge in [-0.15, -0.1) is 0 Å². The van der Waals surface area contributed by atoms with Crippen molar-refractivity contribution in [2.45, 2.75) is 13.2 Å². The van der Waals surface area contributed by atoms with Crippen molar-refractivity contribution in [1.82, 2.24) is 4.98 Å². The van der Waals surface area contributed by atoms with Gasteiger partial charge in [0.2, 0.25) is 5.76 Å². The largest absolute Gasteiger partial charge is 0.489 e. The van der Waals surface area contributed by atoms with E-state index in [2.05, 4.69) is 4.98 Å². The first-order valence-electron chi connectivity index (χ1n) is 13.0. The molecule has 8 heteroatoms. The van der Waals surface area contributed by atoms with Crippen LogP contribution in [0.5, 0.6) is 17.2 Å². The molecule has 0 radical (unpaired) electrons. The van der Waals surface area contributed by atoms with Gasteiger partial charge in [0.25, 0.3) is 0 Å². The second-order valence-electron chi connectivity index (χ2n) is 9.35. The van der Waals surface area contributed by atoms with Crippen molar-refractivity contribution in [3.05, 3.63) is 142 Å². The van der Waals surface area contributed by atoms with Gasteiger partial charge in [0.15, 0.2) is 16.9 Å². The molecule has 0 saturated heterocycles. The van der Waals surface area contributed by atoms with Gasteiger partial charge in [-0.25, -0.2) is 9.78 Å². The number of carbonyl (C=O) groups is 1. The van der Waals surface area contributed by atoms with Crippen LogP contribution in [0.25, 0.3) is 21.9 Å². The van der Waals surface area contributed by atoms with Crippen molar-refractivity contribution in [3.63, 3.8) is 0 Å². The van der Waals surface area contributed by atoms with Gasteiger partial charge in [0.1, 0.15) is 30.6 Å². The summed E-state index contributed by atoms with van der Waals surface area (Å²) in [6.45, 7) is 0.293. The quantitative estimate of drug-likeness (QED) is 0.153. The van der Waals surface area contributed by atoms with Crippen molar-refractivity contribution in [2.75, 3.05) is 0 Å². The second-order valence-corrected chi connectivity index (χ2v) is 9.35. The zero-order valence-electron chi connectivity index (χ0n) is 22.2. The van der Waals surface area contributed by atoms with Crippen molar-refractivity contribution >= 4 is 27.8 Å². The van der Waals surface area contributed by atoms with Crippen LogP contribution in [-0.4, -0.2) is 11.0 Å². The fraction of sp³-hybridized carbons (Fsp3) is 0.0588.